The molecular formula is C22H22N2O5. The van der Waals surface area contributed by atoms with Gasteiger partial charge in [0.25, 0.3) is 11.8 Å². The minimum absolute atomic E-state index is 0.217. The van der Waals surface area contributed by atoms with Crippen LogP contribution < -0.4 is 20.1 Å². The summed E-state index contributed by atoms with van der Waals surface area (Å²) < 4.78 is 15.7. The van der Waals surface area contributed by atoms with E-state index in [1.54, 1.807) is 56.7 Å². The van der Waals surface area contributed by atoms with Crippen molar-refractivity contribution in [2.24, 2.45) is 0 Å². The second-order valence-corrected chi connectivity index (χ2v) is 6.31. The van der Waals surface area contributed by atoms with Gasteiger partial charge in [0, 0.05) is 22.9 Å². The largest absolute Gasteiger partial charge is 0.497 e. The van der Waals surface area contributed by atoms with Gasteiger partial charge >= 0.3 is 0 Å². The average Bonchev–Trinajstić information content (AvgIpc) is 3.28. The summed E-state index contributed by atoms with van der Waals surface area (Å²) in [5, 5.41) is 5.66. The number of hydrogen-bond donors (Lipinski definition) is 2. The highest BCUT2D eigenvalue weighted by molar-refractivity contribution is 6.02. The van der Waals surface area contributed by atoms with Crippen molar-refractivity contribution in [2.75, 3.05) is 19.5 Å². The van der Waals surface area contributed by atoms with Crippen molar-refractivity contribution < 1.29 is 23.5 Å². The number of ether oxygens (including phenoxy) is 2. The standard InChI is InChI=1S/C22H22N2O5/c1-14(18-11-10-17(27-2)13-20(18)28-3)23-21(25)15-6-8-16(9-7-15)24-22(26)19-5-4-12-29-19/h4-14H,1-3H3,(H,23,25)(H,24,26). The van der Waals surface area contributed by atoms with Gasteiger partial charge in [0.2, 0.25) is 0 Å². The van der Waals surface area contributed by atoms with Gasteiger partial charge in [0.15, 0.2) is 5.76 Å². The van der Waals surface area contributed by atoms with Crippen molar-refractivity contribution >= 4 is 17.5 Å². The summed E-state index contributed by atoms with van der Waals surface area (Å²) in [7, 11) is 3.16. The zero-order valence-electron chi connectivity index (χ0n) is 16.4. The van der Waals surface area contributed by atoms with Crippen LogP contribution in [-0.2, 0) is 0 Å². The highest BCUT2D eigenvalue weighted by atomic mass is 16.5. The Morgan fingerprint density at radius 1 is 0.966 bits per heavy atom. The van der Waals surface area contributed by atoms with Crippen LogP contribution >= 0.6 is 0 Å². The molecule has 150 valence electrons. The van der Waals surface area contributed by atoms with E-state index in [4.69, 9.17) is 13.9 Å². The average molecular weight is 394 g/mol. The molecule has 1 atom stereocenters. The normalized spacial score (nSPS) is 11.4. The van der Waals surface area contributed by atoms with Crippen molar-refractivity contribution in [2.45, 2.75) is 13.0 Å². The maximum Gasteiger partial charge on any atom is 0.291 e. The predicted molar refractivity (Wildman–Crippen MR) is 109 cm³/mol. The summed E-state index contributed by atoms with van der Waals surface area (Å²) in [6.45, 7) is 1.88. The predicted octanol–water partition coefficient (Wildman–Crippen LogP) is 4.04. The third kappa shape index (κ3) is 4.76. The zero-order valence-corrected chi connectivity index (χ0v) is 16.4. The van der Waals surface area contributed by atoms with E-state index in [2.05, 4.69) is 10.6 Å². The van der Waals surface area contributed by atoms with Gasteiger partial charge in [-0.2, -0.15) is 0 Å². The number of benzene rings is 2. The fourth-order valence-corrected chi connectivity index (χ4v) is 2.84. The molecule has 0 bridgehead atoms. The molecule has 2 N–H and O–H groups in total. The van der Waals surface area contributed by atoms with E-state index in [1.807, 2.05) is 19.1 Å². The summed E-state index contributed by atoms with van der Waals surface area (Å²) in [4.78, 5) is 24.6. The molecule has 0 fully saturated rings. The van der Waals surface area contributed by atoms with Crippen LogP contribution in [0.2, 0.25) is 0 Å². The van der Waals surface area contributed by atoms with Gasteiger partial charge in [-0.05, 0) is 55.5 Å². The van der Waals surface area contributed by atoms with E-state index in [0.717, 1.165) is 5.56 Å². The van der Waals surface area contributed by atoms with Crippen LogP contribution in [-0.4, -0.2) is 26.0 Å². The van der Waals surface area contributed by atoms with Crippen LogP contribution in [0.15, 0.2) is 65.3 Å². The molecule has 2 aromatic carbocycles. The molecule has 0 saturated heterocycles. The monoisotopic (exact) mass is 394 g/mol. The van der Waals surface area contributed by atoms with Crippen molar-refractivity contribution in [3.05, 3.63) is 77.7 Å². The second kappa shape index (κ2) is 8.97. The molecule has 0 radical (unpaired) electrons. The minimum Gasteiger partial charge on any atom is -0.497 e. The Bertz CT molecular complexity index is 981. The maximum absolute atomic E-state index is 12.6. The second-order valence-electron chi connectivity index (χ2n) is 6.31. The molecule has 1 aromatic heterocycles. The molecule has 29 heavy (non-hydrogen) atoms. The Morgan fingerprint density at radius 2 is 1.72 bits per heavy atom. The first kappa shape index (κ1) is 20.0. The van der Waals surface area contributed by atoms with Gasteiger partial charge in [0.1, 0.15) is 11.5 Å². The van der Waals surface area contributed by atoms with E-state index in [-0.39, 0.29) is 23.6 Å². The SMILES string of the molecule is COc1ccc(C(C)NC(=O)c2ccc(NC(=O)c3ccco3)cc2)c(OC)c1. The number of furan rings is 1. The number of carbonyl (C=O) groups excluding carboxylic acids is 2. The maximum atomic E-state index is 12.6. The number of carbonyl (C=O) groups is 2. The molecule has 1 unspecified atom stereocenters. The fraction of sp³-hybridized carbons (Fsp3) is 0.182. The summed E-state index contributed by atoms with van der Waals surface area (Å²) >= 11 is 0. The Morgan fingerprint density at radius 3 is 2.34 bits per heavy atom. The summed E-state index contributed by atoms with van der Waals surface area (Å²) in [6.07, 6.45) is 1.43. The lowest BCUT2D eigenvalue weighted by Gasteiger charge is -2.18. The number of hydrogen-bond acceptors (Lipinski definition) is 5. The quantitative estimate of drug-likeness (QED) is 0.631. The molecule has 1 heterocycles. The van der Waals surface area contributed by atoms with E-state index >= 15 is 0 Å². The van der Waals surface area contributed by atoms with Gasteiger partial charge in [-0.1, -0.05) is 0 Å². The summed E-state index contributed by atoms with van der Waals surface area (Å²) in [5.74, 6) is 0.935. The van der Waals surface area contributed by atoms with E-state index in [9.17, 15) is 9.59 Å². The van der Waals surface area contributed by atoms with Gasteiger partial charge in [-0.15, -0.1) is 0 Å². The molecule has 0 aliphatic carbocycles. The third-order valence-corrected chi connectivity index (χ3v) is 4.40. The molecule has 0 aliphatic heterocycles. The molecule has 2 amide bonds. The van der Waals surface area contributed by atoms with Crippen LogP contribution in [0.5, 0.6) is 11.5 Å². The summed E-state index contributed by atoms with van der Waals surface area (Å²) in [5.41, 5.74) is 1.87. The van der Waals surface area contributed by atoms with E-state index in [0.29, 0.717) is 22.7 Å². The van der Waals surface area contributed by atoms with Crippen molar-refractivity contribution in [1.29, 1.82) is 0 Å². The number of methoxy groups -OCH3 is 2. The molecule has 3 rings (SSSR count). The smallest absolute Gasteiger partial charge is 0.291 e. The lowest BCUT2D eigenvalue weighted by molar-refractivity contribution is 0.0938. The minimum atomic E-state index is -0.354. The zero-order chi connectivity index (χ0) is 20.8. The Labute approximate surface area is 168 Å². The van der Waals surface area contributed by atoms with Gasteiger partial charge in [-0.3, -0.25) is 9.59 Å². The first-order valence-electron chi connectivity index (χ1n) is 8.99. The highest BCUT2D eigenvalue weighted by Crippen LogP contribution is 2.29. The van der Waals surface area contributed by atoms with Crippen LogP contribution in [0.1, 0.15) is 39.4 Å². The van der Waals surface area contributed by atoms with Gasteiger partial charge in [0.05, 0.1) is 26.5 Å². The lowest BCUT2D eigenvalue weighted by Crippen LogP contribution is -2.27. The lowest BCUT2D eigenvalue weighted by atomic mass is 10.1. The van der Waals surface area contributed by atoms with Crippen LogP contribution in [0.4, 0.5) is 5.69 Å². The Hall–Kier alpha value is -3.74. The molecule has 7 nitrogen and oxygen atoms in total. The highest BCUT2D eigenvalue weighted by Gasteiger charge is 2.16. The van der Waals surface area contributed by atoms with E-state index < -0.39 is 0 Å². The summed E-state index contributed by atoms with van der Waals surface area (Å²) in [6, 6.07) is 15.0. The van der Waals surface area contributed by atoms with E-state index in [1.165, 1.54) is 6.26 Å². The van der Waals surface area contributed by atoms with Crippen molar-refractivity contribution in [3.63, 3.8) is 0 Å². The molecule has 7 heteroatoms. The van der Waals surface area contributed by atoms with Gasteiger partial charge in [-0.25, -0.2) is 0 Å². The first-order chi connectivity index (χ1) is 14.0. The molecule has 0 spiro atoms. The third-order valence-electron chi connectivity index (χ3n) is 4.40. The number of anilines is 1. The number of rotatable bonds is 7. The molecule has 0 aliphatic rings. The Balaban J connectivity index is 1.65. The molecule has 0 saturated carbocycles. The van der Waals surface area contributed by atoms with Crippen LogP contribution in [0.25, 0.3) is 0 Å². The molecular weight excluding hydrogens is 372 g/mol. The van der Waals surface area contributed by atoms with Crippen molar-refractivity contribution in [1.82, 2.24) is 5.32 Å². The first-order valence-corrected chi connectivity index (χ1v) is 8.99. The van der Waals surface area contributed by atoms with Crippen molar-refractivity contribution in [3.8, 4) is 11.5 Å². The molecule has 3 aromatic rings. The number of nitrogens with one attached hydrogen (secondary N) is 2. The topological polar surface area (TPSA) is 89.8 Å². The van der Waals surface area contributed by atoms with Crippen LogP contribution in [0, 0.1) is 0 Å². The van der Waals surface area contributed by atoms with Crippen LogP contribution in [0.3, 0.4) is 0 Å². The Kier molecular flexibility index (Phi) is 6.19. The fourth-order valence-electron chi connectivity index (χ4n) is 2.84. The van der Waals surface area contributed by atoms with Gasteiger partial charge < -0.3 is 24.5 Å². The number of amides is 2.